The summed E-state index contributed by atoms with van der Waals surface area (Å²) in [7, 11) is 6.44. The number of hydrogen-bond donors (Lipinski definition) is 2. The Kier molecular flexibility index (Phi) is 7.54. The number of hydrogen-bond acceptors (Lipinski definition) is 2. The van der Waals surface area contributed by atoms with Crippen LogP contribution in [0, 0.1) is 0 Å². The third kappa shape index (κ3) is 6.42. The molecule has 0 bridgehead atoms. The van der Waals surface area contributed by atoms with Crippen LogP contribution >= 0.6 is 23.2 Å². The summed E-state index contributed by atoms with van der Waals surface area (Å²) in [6, 6.07) is 13.1. The van der Waals surface area contributed by atoms with Gasteiger partial charge in [0, 0.05) is 18.7 Å². The first-order chi connectivity index (χ1) is 12.7. The second-order valence-corrected chi connectivity index (χ2v) is 8.50. The van der Waals surface area contributed by atoms with Crippen molar-refractivity contribution in [2.45, 2.75) is 19.3 Å². The number of benzene rings is 2. The minimum Gasteiger partial charge on any atom is -0.355 e. The van der Waals surface area contributed by atoms with Crippen LogP contribution in [0.25, 0.3) is 0 Å². The molecule has 0 saturated heterocycles. The van der Waals surface area contributed by atoms with Gasteiger partial charge in [0.2, 0.25) is 5.91 Å². The Balaban J connectivity index is 2.09. The Morgan fingerprint density at radius 1 is 1.04 bits per heavy atom. The molecule has 2 N–H and O–H groups in total. The van der Waals surface area contributed by atoms with E-state index < -0.39 is 0 Å². The Morgan fingerprint density at radius 3 is 2.30 bits per heavy atom. The molecule has 0 radical (unpaired) electrons. The largest absolute Gasteiger partial charge is 0.355 e. The van der Waals surface area contributed by atoms with Crippen LogP contribution in [0.15, 0.2) is 42.5 Å². The lowest BCUT2D eigenvalue weighted by molar-refractivity contribution is -0.870. The van der Waals surface area contributed by atoms with Crippen molar-refractivity contribution in [1.29, 1.82) is 0 Å². The second kappa shape index (κ2) is 9.45. The number of nitrogens with zero attached hydrogens (tertiary/aromatic N) is 1. The van der Waals surface area contributed by atoms with E-state index in [-0.39, 0.29) is 11.8 Å². The molecule has 0 spiro atoms. The third-order valence-corrected chi connectivity index (χ3v) is 4.98. The van der Waals surface area contributed by atoms with Gasteiger partial charge < -0.3 is 15.1 Å². The Morgan fingerprint density at radius 2 is 1.67 bits per heavy atom. The number of carbonyl (C=O) groups excluding carboxylic acids is 1. The fourth-order valence-electron chi connectivity index (χ4n) is 2.80. The summed E-state index contributed by atoms with van der Waals surface area (Å²) >= 11 is 12.5. The van der Waals surface area contributed by atoms with Gasteiger partial charge in [-0.15, -0.1) is 0 Å². The molecule has 0 aliphatic carbocycles. The molecule has 6 heteroatoms. The smallest absolute Gasteiger partial charge is 0.227 e. The number of para-hydroxylation sites is 2. The highest BCUT2D eigenvalue weighted by Crippen LogP contribution is 2.35. The lowest BCUT2D eigenvalue weighted by Crippen LogP contribution is -2.38. The van der Waals surface area contributed by atoms with Crippen LogP contribution in [0.1, 0.15) is 24.8 Å². The minimum atomic E-state index is -0.293. The van der Waals surface area contributed by atoms with Crippen LogP contribution in [0.2, 0.25) is 10.0 Å². The van der Waals surface area contributed by atoms with E-state index in [1.807, 2.05) is 31.2 Å². The zero-order valence-corrected chi connectivity index (χ0v) is 17.9. The number of rotatable bonds is 8. The van der Waals surface area contributed by atoms with Gasteiger partial charge in [-0.25, -0.2) is 0 Å². The number of nitrogens with one attached hydrogen (secondary N) is 2. The van der Waals surface area contributed by atoms with Gasteiger partial charge in [0.15, 0.2) is 0 Å². The zero-order valence-electron chi connectivity index (χ0n) is 16.4. The predicted octanol–water partition coefficient (Wildman–Crippen LogP) is 5.05. The predicted molar refractivity (Wildman–Crippen MR) is 115 cm³/mol. The van der Waals surface area contributed by atoms with Gasteiger partial charge >= 0.3 is 0 Å². The third-order valence-electron chi connectivity index (χ3n) is 4.35. The van der Waals surface area contributed by atoms with E-state index in [4.69, 9.17) is 23.2 Å². The molecule has 0 saturated carbocycles. The van der Waals surface area contributed by atoms with Gasteiger partial charge in [-0.3, -0.25) is 4.79 Å². The molecular formula is C21H28Cl2N3O+. The van der Waals surface area contributed by atoms with Crippen molar-refractivity contribution >= 4 is 40.5 Å². The van der Waals surface area contributed by atoms with Crippen LogP contribution in [0.4, 0.5) is 11.4 Å². The van der Waals surface area contributed by atoms with Gasteiger partial charge in [0.1, 0.15) is 0 Å². The highest BCUT2D eigenvalue weighted by atomic mass is 35.5. The number of quaternary nitrogens is 1. The summed E-state index contributed by atoms with van der Waals surface area (Å²) in [6.45, 7) is 3.59. The molecule has 0 aliphatic rings. The van der Waals surface area contributed by atoms with E-state index >= 15 is 0 Å². The standard InChI is InChI=1S/C21H27Cl2N3O/c1-15(21(27)24-13-8-14-26(2,3)4)16-9-5-6-12-19(16)25-20-17(22)10-7-11-18(20)23/h5-7,9-12,15,25H,8,13-14H2,1-4H3/p+1/t15-/m1/s1. The van der Waals surface area contributed by atoms with Gasteiger partial charge in [-0.2, -0.15) is 0 Å². The molecule has 27 heavy (non-hydrogen) atoms. The molecule has 0 aromatic heterocycles. The maximum Gasteiger partial charge on any atom is 0.227 e. The summed E-state index contributed by atoms with van der Waals surface area (Å²) in [5.74, 6) is -0.282. The maximum absolute atomic E-state index is 12.6. The molecule has 1 amide bonds. The first-order valence-corrected chi connectivity index (χ1v) is 9.83. The SMILES string of the molecule is C[C@@H](C(=O)NCCC[N+](C)(C)C)c1ccccc1Nc1c(Cl)cccc1Cl. The highest BCUT2D eigenvalue weighted by Gasteiger charge is 2.19. The number of halogens is 2. The van der Waals surface area contributed by atoms with E-state index in [2.05, 4.69) is 31.8 Å². The van der Waals surface area contributed by atoms with E-state index in [0.29, 0.717) is 22.3 Å². The monoisotopic (exact) mass is 408 g/mol. The number of carbonyl (C=O) groups is 1. The van der Waals surface area contributed by atoms with Gasteiger partial charge in [0.25, 0.3) is 0 Å². The first-order valence-electron chi connectivity index (χ1n) is 9.07. The molecule has 146 valence electrons. The summed E-state index contributed by atoms with van der Waals surface area (Å²) < 4.78 is 0.886. The van der Waals surface area contributed by atoms with Crippen LogP contribution in [0.3, 0.4) is 0 Å². The van der Waals surface area contributed by atoms with Crippen LogP contribution in [0.5, 0.6) is 0 Å². The highest BCUT2D eigenvalue weighted by molar-refractivity contribution is 6.39. The van der Waals surface area contributed by atoms with Crippen molar-refractivity contribution in [3.63, 3.8) is 0 Å². The van der Waals surface area contributed by atoms with Crippen molar-refractivity contribution in [1.82, 2.24) is 5.32 Å². The van der Waals surface area contributed by atoms with Gasteiger partial charge in [0.05, 0.1) is 49.3 Å². The molecule has 2 aromatic carbocycles. The molecule has 0 unspecified atom stereocenters. The van der Waals surface area contributed by atoms with Crippen LogP contribution < -0.4 is 10.6 Å². The first kappa shape index (κ1) is 21.5. The molecule has 2 rings (SSSR count). The maximum atomic E-state index is 12.6. The summed E-state index contributed by atoms with van der Waals surface area (Å²) in [6.07, 6.45) is 0.942. The Hall–Kier alpha value is -1.75. The molecular weight excluding hydrogens is 381 g/mol. The molecule has 0 aliphatic heterocycles. The van der Waals surface area contributed by atoms with E-state index in [1.54, 1.807) is 18.2 Å². The van der Waals surface area contributed by atoms with Gasteiger partial charge in [-0.05, 0) is 30.7 Å². The molecule has 0 heterocycles. The fraction of sp³-hybridized carbons (Fsp3) is 0.381. The van der Waals surface area contributed by atoms with Crippen molar-refractivity contribution in [3.8, 4) is 0 Å². The lowest BCUT2D eigenvalue weighted by atomic mass is 9.98. The molecule has 4 nitrogen and oxygen atoms in total. The zero-order chi connectivity index (χ0) is 20.0. The van der Waals surface area contributed by atoms with E-state index in [9.17, 15) is 4.79 Å². The summed E-state index contributed by atoms with van der Waals surface area (Å²) in [5.41, 5.74) is 2.36. The fourth-order valence-corrected chi connectivity index (χ4v) is 3.29. The van der Waals surface area contributed by atoms with Crippen LogP contribution in [-0.4, -0.2) is 44.6 Å². The Bertz CT molecular complexity index is 767. The average molecular weight is 409 g/mol. The number of anilines is 2. The van der Waals surface area contributed by atoms with Crippen molar-refractivity contribution in [3.05, 3.63) is 58.1 Å². The second-order valence-electron chi connectivity index (χ2n) is 7.69. The lowest BCUT2D eigenvalue weighted by Gasteiger charge is -2.24. The van der Waals surface area contributed by atoms with Crippen molar-refractivity contribution < 1.29 is 9.28 Å². The average Bonchev–Trinajstić information content (AvgIpc) is 2.61. The topological polar surface area (TPSA) is 41.1 Å². The van der Waals surface area contributed by atoms with Crippen molar-refractivity contribution in [2.75, 3.05) is 39.5 Å². The molecule has 1 atom stereocenters. The summed E-state index contributed by atoms with van der Waals surface area (Å²) in [4.78, 5) is 12.6. The normalized spacial score (nSPS) is 12.5. The van der Waals surface area contributed by atoms with Crippen LogP contribution in [-0.2, 0) is 4.79 Å². The minimum absolute atomic E-state index is 0.0101. The molecule has 0 fully saturated rings. The number of amides is 1. The van der Waals surface area contributed by atoms with Crippen molar-refractivity contribution in [2.24, 2.45) is 0 Å². The van der Waals surface area contributed by atoms with E-state index in [0.717, 1.165) is 28.7 Å². The molecule has 2 aromatic rings. The van der Waals surface area contributed by atoms with E-state index in [1.165, 1.54) is 0 Å². The van der Waals surface area contributed by atoms with Gasteiger partial charge in [-0.1, -0.05) is 47.5 Å². The Labute approximate surface area is 172 Å². The summed E-state index contributed by atoms with van der Waals surface area (Å²) in [5, 5.41) is 7.40. The quantitative estimate of drug-likeness (QED) is 0.473.